The molecule has 0 aliphatic heterocycles. The van der Waals surface area contributed by atoms with Crippen molar-refractivity contribution in [3.05, 3.63) is 33.9 Å². The summed E-state index contributed by atoms with van der Waals surface area (Å²) in [7, 11) is 0. The van der Waals surface area contributed by atoms with Gasteiger partial charge in [-0.15, -0.1) is 10.2 Å². The van der Waals surface area contributed by atoms with Gasteiger partial charge in [-0.25, -0.2) is 4.79 Å². The van der Waals surface area contributed by atoms with E-state index in [4.69, 9.17) is 34.0 Å². The zero-order valence-electron chi connectivity index (χ0n) is 8.76. The van der Waals surface area contributed by atoms with Crippen molar-refractivity contribution in [2.75, 3.05) is 5.73 Å². The lowest BCUT2D eigenvalue weighted by Crippen LogP contribution is -2.05. The lowest BCUT2D eigenvalue weighted by molar-refractivity contribution is 0.0698. The summed E-state index contributed by atoms with van der Waals surface area (Å²) in [6, 6.07) is 4.49. The minimum absolute atomic E-state index is 0.0261. The molecule has 6 nitrogen and oxygen atoms in total. The van der Waals surface area contributed by atoms with Crippen LogP contribution in [0.5, 0.6) is 0 Å². The second-order valence-electron chi connectivity index (χ2n) is 3.31. The van der Waals surface area contributed by atoms with Crippen LogP contribution < -0.4 is 5.73 Å². The van der Waals surface area contributed by atoms with Crippen LogP contribution >= 0.6 is 23.2 Å². The number of halogens is 2. The number of anilines is 1. The minimum atomic E-state index is -1.14. The molecule has 0 amide bonds. The van der Waals surface area contributed by atoms with Gasteiger partial charge >= 0.3 is 5.97 Å². The molecule has 0 unspecified atom stereocenters. The van der Waals surface area contributed by atoms with Crippen LogP contribution in [-0.2, 0) is 0 Å². The number of aromatic nitrogens is 3. The number of hydrogen-bond acceptors (Lipinski definition) is 5. The number of carboxylic acids is 1. The van der Waals surface area contributed by atoms with Crippen LogP contribution in [0.25, 0.3) is 11.3 Å². The van der Waals surface area contributed by atoms with E-state index < -0.39 is 5.97 Å². The molecule has 1 heterocycles. The van der Waals surface area contributed by atoms with Crippen LogP contribution in [0.3, 0.4) is 0 Å². The molecule has 0 saturated carbocycles. The number of benzene rings is 1. The first-order valence-electron chi connectivity index (χ1n) is 4.69. The fourth-order valence-corrected chi connectivity index (χ4v) is 1.72. The predicted octanol–water partition coefficient (Wildman–Crippen LogP) is 2.13. The molecule has 0 saturated heterocycles. The molecule has 1 aromatic heterocycles. The number of nitrogens with two attached hydrogens (primary N) is 1. The molecule has 0 bridgehead atoms. The third kappa shape index (κ3) is 2.07. The Labute approximate surface area is 111 Å². The van der Waals surface area contributed by atoms with Gasteiger partial charge in [0.15, 0.2) is 5.15 Å². The third-order valence-electron chi connectivity index (χ3n) is 2.26. The van der Waals surface area contributed by atoms with Gasteiger partial charge in [0.1, 0.15) is 10.7 Å². The largest absolute Gasteiger partial charge is 0.478 e. The van der Waals surface area contributed by atoms with Crippen molar-refractivity contribution in [2.24, 2.45) is 0 Å². The number of aromatic carboxylic acids is 1. The molecular formula is C10H6Cl2N4O2. The standard InChI is InChI=1S/C10H6Cl2N4O2/c11-6-8(14-16-15-9(6)12)4-2-1-3-5(7(4)13)10(17)18/h1-3H,13H2,(H,17,18). The maximum absolute atomic E-state index is 11.0. The van der Waals surface area contributed by atoms with Crippen molar-refractivity contribution in [2.45, 2.75) is 0 Å². The highest BCUT2D eigenvalue weighted by atomic mass is 35.5. The number of carboxylic acid groups (broad SMARTS) is 1. The van der Waals surface area contributed by atoms with E-state index in [9.17, 15) is 4.79 Å². The molecule has 2 aromatic rings. The summed E-state index contributed by atoms with van der Waals surface area (Å²) >= 11 is 11.6. The highest BCUT2D eigenvalue weighted by Crippen LogP contribution is 2.34. The zero-order valence-corrected chi connectivity index (χ0v) is 10.3. The molecule has 8 heteroatoms. The van der Waals surface area contributed by atoms with E-state index in [1.807, 2.05) is 0 Å². The number of para-hydroxylation sites is 1. The van der Waals surface area contributed by atoms with Gasteiger partial charge in [0.25, 0.3) is 0 Å². The average Bonchev–Trinajstić information content (AvgIpc) is 2.33. The van der Waals surface area contributed by atoms with Gasteiger partial charge < -0.3 is 10.8 Å². The number of rotatable bonds is 2. The smallest absolute Gasteiger partial charge is 0.337 e. The Morgan fingerprint density at radius 2 is 2.00 bits per heavy atom. The molecule has 0 fully saturated rings. The molecule has 0 aliphatic carbocycles. The van der Waals surface area contributed by atoms with E-state index in [1.54, 1.807) is 6.07 Å². The number of nitrogens with zero attached hydrogens (tertiary/aromatic N) is 3. The summed E-state index contributed by atoms with van der Waals surface area (Å²) in [5, 5.41) is 19.6. The Hall–Kier alpha value is -1.92. The normalized spacial score (nSPS) is 10.3. The molecule has 0 aliphatic rings. The first-order valence-corrected chi connectivity index (χ1v) is 5.44. The first kappa shape index (κ1) is 12.5. The van der Waals surface area contributed by atoms with Crippen molar-refractivity contribution in [1.29, 1.82) is 0 Å². The summed E-state index contributed by atoms with van der Waals surface area (Å²) in [5.74, 6) is -1.14. The fraction of sp³-hybridized carbons (Fsp3) is 0. The van der Waals surface area contributed by atoms with Gasteiger partial charge in [-0.3, -0.25) is 0 Å². The van der Waals surface area contributed by atoms with Crippen LogP contribution in [0.15, 0.2) is 18.2 Å². The molecule has 1 aromatic carbocycles. The summed E-state index contributed by atoms with van der Waals surface area (Å²) in [5.41, 5.74) is 6.30. The highest BCUT2D eigenvalue weighted by Gasteiger charge is 2.17. The van der Waals surface area contributed by atoms with Crippen LogP contribution in [-0.4, -0.2) is 26.5 Å². The molecule has 92 valence electrons. The Kier molecular flexibility index (Phi) is 3.31. The Bertz CT molecular complexity index is 633. The van der Waals surface area contributed by atoms with Crippen molar-refractivity contribution >= 4 is 34.9 Å². The van der Waals surface area contributed by atoms with Crippen LogP contribution in [0.4, 0.5) is 5.69 Å². The second-order valence-corrected chi connectivity index (χ2v) is 4.05. The molecule has 0 spiro atoms. The SMILES string of the molecule is Nc1c(C(=O)O)cccc1-c1nnnc(Cl)c1Cl. The molecule has 2 rings (SSSR count). The van der Waals surface area contributed by atoms with Gasteiger partial charge in [0.2, 0.25) is 0 Å². The highest BCUT2D eigenvalue weighted by molar-refractivity contribution is 6.42. The quantitative estimate of drug-likeness (QED) is 0.819. The Morgan fingerprint density at radius 3 is 2.67 bits per heavy atom. The molecular weight excluding hydrogens is 279 g/mol. The van der Waals surface area contributed by atoms with Crippen molar-refractivity contribution in [3.63, 3.8) is 0 Å². The molecule has 0 radical (unpaired) electrons. The van der Waals surface area contributed by atoms with Gasteiger partial charge in [-0.1, -0.05) is 35.3 Å². The Balaban J connectivity index is 2.69. The summed E-state index contributed by atoms with van der Waals surface area (Å²) in [4.78, 5) is 11.0. The number of carbonyl (C=O) groups is 1. The number of nitrogen functional groups attached to an aromatic ring is 1. The van der Waals surface area contributed by atoms with E-state index in [-0.39, 0.29) is 27.1 Å². The first-order chi connectivity index (χ1) is 8.52. The van der Waals surface area contributed by atoms with E-state index >= 15 is 0 Å². The minimum Gasteiger partial charge on any atom is -0.478 e. The average molecular weight is 285 g/mol. The van der Waals surface area contributed by atoms with Gasteiger partial charge in [-0.05, 0) is 11.3 Å². The maximum Gasteiger partial charge on any atom is 0.337 e. The maximum atomic E-state index is 11.0. The fourth-order valence-electron chi connectivity index (χ4n) is 1.42. The topological polar surface area (TPSA) is 102 Å². The van der Waals surface area contributed by atoms with Crippen LogP contribution in [0.2, 0.25) is 10.2 Å². The molecule has 18 heavy (non-hydrogen) atoms. The lowest BCUT2D eigenvalue weighted by atomic mass is 10.0. The zero-order chi connectivity index (χ0) is 13.3. The summed E-state index contributed by atoms with van der Waals surface area (Å²) in [6.45, 7) is 0. The van der Waals surface area contributed by atoms with E-state index in [2.05, 4.69) is 15.4 Å². The van der Waals surface area contributed by atoms with Gasteiger partial charge in [-0.2, -0.15) is 0 Å². The third-order valence-corrected chi connectivity index (χ3v) is 2.98. The second kappa shape index (κ2) is 4.75. The summed E-state index contributed by atoms with van der Waals surface area (Å²) in [6.07, 6.45) is 0. The predicted molar refractivity (Wildman–Crippen MR) is 66.7 cm³/mol. The van der Waals surface area contributed by atoms with Gasteiger partial charge in [0.05, 0.1) is 11.3 Å². The van der Waals surface area contributed by atoms with Crippen LogP contribution in [0.1, 0.15) is 10.4 Å². The van der Waals surface area contributed by atoms with Gasteiger partial charge in [0, 0.05) is 5.56 Å². The van der Waals surface area contributed by atoms with Crippen molar-refractivity contribution < 1.29 is 9.90 Å². The number of hydrogen-bond donors (Lipinski definition) is 2. The van der Waals surface area contributed by atoms with E-state index in [1.165, 1.54) is 12.1 Å². The van der Waals surface area contributed by atoms with Crippen molar-refractivity contribution in [1.82, 2.24) is 15.4 Å². The summed E-state index contributed by atoms with van der Waals surface area (Å²) < 4.78 is 0. The van der Waals surface area contributed by atoms with E-state index in [0.717, 1.165) is 0 Å². The van der Waals surface area contributed by atoms with Crippen molar-refractivity contribution in [3.8, 4) is 11.3 Å². The lowest BCUT2D eigenvalue weighted by Gasteiger charge is -2.08. The van der Waals surface area contributed by atoms with E-state index in [0.29, 0.717) is 5.56 Å². The van der Waals surface area contributed by atoms with Crippen LogP contribution in [0, 0.1) is 0 Å². The Morgan fingerprint density at radius 1 is 1.28 bits per heavy atom. The molecule has 0 atom stereocenters. The monoisotopic (exact) mass is 284 g/mol. The molecule has 3 N–H and O–H groups in total.